The van der Waals surface area contributed by atoms with Gasteiger partial charge in [-0.1, -0.05) is 6.42 Å². The van der Waals surface area contributed by atoms with Crippen LogP contribution in [0.1, 0.15) is 25.7 Å². The Balaban J connectivity index is 2.22. The van der Waals surface area contributed by atoms with Gasteiger partial charge in [-0.15, -0.1) is 0 Å². The van der Waals surface area contributed by atoms with Crippen molar-refractivity contribution in [1.82, 2.24) is 4.31 Å². The summed E-state index contributed by atoms with van der Waals surface area (Å²) in [5, 5.41) is -0.872. The van der Waals surface area contributed by atoms with Crippen LogP contribution < -0.4 is 0 Å². The molecule has 0 aromatic heterocycles. The number of rotatable bonds is 3. The average molecular weight is 295 g/mol. The lowest BCUT2D eigenvalue weighted by Gasteiger charge is -2.33. The summed E-state index contributed by atoms with van der Waals surface area (Å²) in [6, 6.07) is -0.618. The molecule has 2 atom stereocenters. The molecule has 0 radical (unpaired) electrons. The normalized spacial score (nSPS) is 33.3. The highest BCUT2D eigenvalue weighted by Crippen LogP contribution is 2.27. The summed E-state index contributed by atoms with van der Waals surface area (Å²) in [6.45, 7) is 0.322. The van der Waals surface area contributed by atoms with Crippen LogP contribution in [-0.4, -0.2) is 56.8 Å². The Bertz CT molecular complexity index is 524. The molecule has 0 aromatic rings. The van der Waals surface area contributed by atoms with Gasteiger partial charge in [0.1, 0.15) is 6.29 Å². The Kier molecular flexibility index (Phi) is 3.80. The van der Waals surface area contributed by atoms with Gasteiger partial charge in [-0.3, -0.25) is 0 Å². The van der Waals surface area contributed by atoms with E-state index in [9.17, 15) is 21.6 Å². The summed E-state index contributed by atoms with van der Waals surface area (Å²) in [7, 11) is -6.91. The van der Waals surface area contributed by atoms with Gasteiger partial charge in [0.05, 0.1) is 22.8 Å². The highest BCUT2D eigenvalue weighted by atomic mass is 32.2. The van der Waals surface area contributed by atoms with Gasteiger partial charge >= 0.3 is 0 Å². The summed E-state index contributed by atoms with van der Waals surface area (Å²) in [6.07, 6.45) is 2.89. The van der Waals surface area contributed by atoms with Crippen LogP contribution >= 0.6 is 0 Å². The van der Waals surface area contributed by atoms with Crippen LogP contribution in [0.4, 0.5) is 0 Å². The Hall–Kier alpha value is -0.470. The van der Waals surface area contributed by atoms with Crippen LogP contribution in [0.5, 0.6) is 0 Å². The molecule has 0 amide bonds. The monoisotopic (exact) mass is 295 g/mol. The molecule has 2 aliphatic rings. The third-order valence-electron chi connectivity index (χ3n) is 3.59. The smallest absolute Gasteiger partial charge is 0.218 e. The third kappa shape index (κ3) is 2.60. The van der Waals surface area contributed by atoms with E-state index in [-0.39, 0.29) is 17.9 Å². The van der Waals surface area contributed by atoms with Crippen molar-refractivity contribution < 1.29 is 21.6 Å². The van der Waals surface area contributed by atoms with E-state index < -0.39 is 31.2 Å². The Morgan fingerprint density at radius 1 is 1.17 bits per heavy atom. The predicted molar refractivity (Wildman–Crippen MR) is 66.4 cm³/mol. The Morgan fingerprint density at radius 3 is 2.44 bits per heavy atom. The number of sulfonamides is 1. The minimum absolute atomic E-state index is 0.0729. The van der Waals surface area contributed by atoms with Gasteiger partial charge in [-0.2, -0.15) is 4.31 Å². The molecule has 8 heteroatoms. The molecular weight excluding hydrogens is 278 g/mol. The second kappa shape index (κ2) is 4.90. The van der Waals surface area contributed by atoms with Crippen LogP contribution in [-0.2, 0) is 24.7 Å². The largest absolute Gasteiger partial charge is 0.302 e. The van der Waals surface area contributed by atoms with E-state index in [1.807, 2.05) is 0 Å². The van der Waals surface area contributed by atoms with E-state index in [0.717, 1.165) is 12.8 Å². The lowest BCUT2D eigenvalue weighted by Crippen LogP contribution is -2.48. The van der Waals surface area contributed by atoms with Gasteiger partial charge in [-0.25, -0.2) is 16.8 Å². The first kappa shape index (κ1) is 14.0. The summed E-state index contributed by atoms with van der Waals surface area (Å²) in [5.41, 5.74) is 0. The number of aldehydes is 1. The molecule has 2 saturated heterocycles. The van der Waals surface area contributed by atoms with Crippen molar-refractivity contribution in [2.75, 3.05) is 18.1 Å². The maximum absolute atomic E-state index is 12.3. The van der Waals surface area contributed by atoms with Gasteiger partial charge in [0.15, 0.2) is 9.84 Å². The quantitative estimate of drug-likeness (QED) is 0.658. The van der Waals surface area contributed by atoms with Crippen molar-refractivity contribution in [1.29, 1.82) is 0 Å². The SMILES string of the molecule is O=CC1CCCCN1S(=O)(=O)C1CCS(=O)(=O)C1. The molecular formula is C10H17NO5S2. The summed E-state index contributed by atoms with van der Waals surface area (Å²) < 4.78 is 48.6. The van der Waals surface area contributed by atoms with E-state index in [4.69, 9.17) is 0 Å². The average Bonchev–Trinajstić information content (AvgIpc) is 2.70. The minimum atomic E-state index is -3.67. The number of piperidine rings is 1. The van der Waals surface area contributed by atoms with E-state index in [2.05, 4.69) is 0 Å². The fourth-order valence-corrected chi connectivity index (χ4v) is 7.29. The van der Waals surface area contributed by atoms with Gasteiger partial charge in [0, 0.05) is 6.54 Å². The number of hydrogen-bond donors (Lipinski definition) is 0. The van der Waals surface area contributed by atoms with Crippen LogP contribution in [0.25, 0.3) is 0 Å². The van der Waals surface area contributed by atoms with Crippen molar-refractivity contribution >= 4 is 26.1 Å². The molecule has 6 nitrogen and oxygen atoms in total. The topological polar surface area (TPSA) is 88.6 Å². The number of carbonyl (C=O) groups excluding carboxylic acids is 1. The lowest BCUT2D eigenvalue weighted by atomic mass is 10.1. The van der Waals surface area contributed by atoms with E-state index in [1.165, 1.54) is 4.31 Å². The van der Waals surface area contributed by atoms with Crippen molar-refractivity contribution in [3.63, 3.8) is 0 Å². The highest BCUT2D eigenvalue weighted by molar-refractivity contribution is 7.95. The molecule has 18 heavy (non-hydrogen) atoms. The molecule has 2 unspecified atom stereocenters. The maximum atomic E-state index is 12.3. The zero-order valence-electron chi connectivity index (χ0n) is 9.99. The molecule has 0 aromatic carbocycles. The minimum Gasteiger partial charge on any atom is -0.302 e. The summed E-state index contributed by atoms with van der Waals surface area (Å²) in [4.78, 5) is 10.9. The van der Waals surface area contributed by atoms with Gasteiger partial charge in [-0.05, 0) is 19.3 Å². The van der Waals surface area contributed by atoms with Crippen molar-refractivity contribution in [2.45, 2.75) is 37.0 Å². The first-order chi connectivity index (χ1) is 8.37. The molecule has 104 valence electrons. The Labute approximate surface area is 107 Å². The summed E-state index contributed by atoms with van der Waals surface area (Å²) >= 11 is 0. The molecule has 2 heterocycles. The van der Waals surface area contributed by atoms with Gasteiger partial charge < -0.3 is 4.79 Å². The zero-order valence-corrected chi connectivity index (χ0v) is 11.6. The van der Waals surface area contributed by atoms with E-state index >= 15 is 0 Å². The zero-order chi connectivity index (χ0) is 13.4. The van der Waals surface area contributed by atoms with Crippen LogP contribution in [0, 0.1) is 0 Å². The molecule has 2 aliphatic heterocycles. The number of hydrogen-bond acceptors (Lipinski definition) is 5. The standard InChI is InChI=1S/C10H17NO5S2/c12-7-9-3-1-2-5-11(9)18(15,16)10-4-6-17(13,14)8-10/h7,9-10H,1-6,8H2. The van der Waals surface area contributed by atoms with Crippen LogP contribution in [0.2, 0.25) is 0 Å². The first-order valence-corrected chi connectivity index (χ1v) is 9.36. The molecule has 0 aliphatic carbocycles. The molecule has 0 N–H and O–H groups in total. The Morgan fingerprint density at radius 2 is 1.89 bits per heavy atom. The molecule has 2 fully saturated rings. The van der Waals surface area contributed by atoms with Crippen LogP contribution in [0.15, 0.2) is 0 Å². The predicted octanol–water partition coefficient (Wildman–Crippen LogP) is -0.443. The summed E-state index contributed by atoms with van der Waals surface area (Å²) in [5.74, 6) is -0.381. The molecule has 0 spiro atoms. The van der Waals surface area contributed by atoms with Gasteiger partial charge in [0.25, 0.3) is 0 Å². The number of carbonyl (C=O) groups is 1. The van der Waals surface area contributed by atoms with Crippen molar-refractivity contribution in [3.8, 4) is 0 Å². The number of sulfone groups is 1. The molecule has 0 bridgehead atoms. The fraction of sp³-hybridized carbons (Fsp3) is 0.900. The maximum Gasteiger partial charge on any atom is 0.218 e. The lowest BCUT2D eigenvalue weighted by molar-refractivity contribution is -0.111. The first-order valence-electron chi connectivity index (χ1n) is 6.03. The molecule has 0 saturated carbocycles. The number of nitrogens with zero attached hydrogens (tertiary/aromatic N) is 1. The van der Waals surface area contributed by atoms with E-state index in [0.29, 0.717) is 19.3 Å². The third-order valence-corrected chi connectivity index (χ3v) is 7.93. The van der Waals surface area contributed by atoms with Crippen molar-refractivity contribution in [3.05, 3.63) is 0 Å². The second-order valence-electron chi connectivity index (χ2n) is 4.88. The van der Waals surface area contributed by atoms with Gasteiger partial charge in [0.2, 0.25) is 10.0 Å². The van der Waals surface area contributed by atoms with Crippen LogP contribution in [0.3, 0.4) is 0 Å². The van der Waals surface area contributed by atoms with Crippen molar-refractivity contribution in [2.24, 2.45) is 0 Å². The fourth-order valence-electron chi connectivity index (χ4n) is 2.57. The highest BCUT2D eigenvalue weighted by Gasteiger charge is 2.43. The van der Waals surface area contributed by atoms with E-state index in [1.54, 1.807) is 0 Å². The molecule has 2 rings (SSSR count). The second-order valence-corrected chi connectivity index (χ2v) is 9.27.